The molecule has 0 atom stereocenters. The normalized spacial score (nSPS) is 11.2. The molecule has 0 fully saturated rings. The summed E-state index contributed by atoms with van der Waals surface area (Å²) in [5, 5.41) is 6.86. The number of allylic oxidation sites excluding steroid dienone is 2. The number of benzene rings is 5. The van der Waals surface area contributed by atoms with E-state index in [1.807, 2.05) is 80.6 Å². The summed E-state index contributed by atoms with van der Waals surface area (Å²) in [5.41, 5.74) is 9.67. The maximum atomic E-state index is 5.41. The Balaban J connectivity index is 0.000000228. The molecule has 0 saturated carbocycles. The van der Waals surface area contributed by atoms with Crippen LogP contribution in [0.2, 0.25) is 0 Å². The van der Waals surface area contributed by atoms with Crippen LogP contribution in [-0.4, -0.2) is 58.3 Å². The van der Waals surface area contributed by atoms with Gasteiger partial charge in [-0.05, 0) is 48.9 Å². The molecule has 0 aliphatic carbocycles. The van der Waals surface area contributed by atoms with Gasteiger partial charge in [-0.2, -0.15) is 5.70 Å². The molecule has 7 rings (SSSR count). The SMILES string of the molecule is COc1cc(CN=C(C)/C=C(/C)[N-]Cc2cc(OC)c(OC)c(OC)c2)cc(OC)c1OC.[Cu+].c1ccc(-c2ccc3ccc4ccc(-c5ccccc5)nc4c3n2)cc1. The van der Waals surface area contributed by atoms with Crippen LogP contribution in [-0.2, 0) is 30.2 Å². The molecule has 0 aliphatic heterocycles. The largest absolute Gasteiger partial charge is 1.00 e. The number of rotatable bonds is 14. The van der Waals surface area contributed by atoms with Crippen LogP contribution in [0.1, 0.15) is 25.0 Å². The van der Waals surface area contributed by atoms with Crippen LogP contribution >= 0.6 is 0 Å². The van der Waals surface area contributed by atoms with E-state index in [0.29, 0.717) is 47.6 Å². The topological polar surface area (TPSA) is 108 Å². The summed E-state index contributed by atoms with van der Waals surface area (Å²) in [6.45, 7) is 4.82. The minimum absolute atomic E-state index is 0. The number of hydrogen-bond donors (Lipinski definition) is 0. The van der Waals surface area contributed by atoms with E-state index in [4.69, 9.17) is 38.4 Å². The molecule has 0 amide bonds. The van der Waals surface area contributed by atoms with Crippen molar-refractivity contribution in [3.05, 3.63) is 150 Å². The second kappa shape index (κ2) is 21.5. The van der Waals surface area contributed by atoms with Crippen LogP contribution in [0, 0.1) is 0 Å². The van der Waals surface area contributed by atoms with Crippen molar-refractivity contribution in [1.29, 1.82) is 0 Å². The summed E-state index contributed by atoms with van der Waals surface area (Å²) in [6, 6.07) is 40.7. The first-order valence-electron chi connectivity index (χ1n) is 19.0. The quantitative estimate of drug-likeness (QED) is 0.0605. The Morgan fingerprint density at radius 3 is 1.33 bits per heavy atom. The number of methoxy groups -OCH3 is 6. The summed E-state index contributed by atoms with van der Waals surface area (Å²) in [4.78, 5) is 14.5. The minimum atomic E-state index is 0. The van der Waals surface area contributed by atoms with E-state index in [-0.39, 0.29) is 17.1 Å². The van der Waals surface area contributed by atoms with Gasteiger partial charge in [0.05, 0.1) is 71.6 Å². The van der Waals surface area contributed by atoms with Crippen LogP contribution in [0.25, 0.3) is 49.6 Å². The van der Waals surface area contributed by atoms with Crippen molar-refractivity contribution in [2.24, 2.45) is 4.99 Å². The van der Waals surface area contributed by atoms with Gasteiger partial charge in [0, 0.05) is 27.6 Å². The van der Waals surface area contributed by atoms with Crippen LogP contribution in [0.5, 0.6) is 34.5 Å². The van der Waals surface area contributed by atoms with Gasteiger partial charge in [0.15, 0.2) is 23.0 Å². The predicted octanol–water partition coefficient (Wildman–Crippen LogP) is 11.3. The van der Waals surface area contributed by atoms with E-state index in [0.717, 1.165) is 66.9 Å². The Labute approximate surface area is 362 Å². The fourth-order valence-corrected chi connectivity index (χ4v) is 6.59. The molecule has 0 aliphatic rings. The molecule has 0 spiro atoms. The third kappa shape index (κ3) is 10.7. The molecular formula is C49H49CuN4O6. The molecule has 0 N–H and O–H groups in total. The van der Waals surface area contributed by atoms with Gasteiger partial charge < -0.3 is 33.7 Å². The van der Waals surface area contributed by atoms with Gasteiger partial charge in [0.25, 0.3) is 0 Å². The fraction of sp³-hybridized carbons (Fsp3) is 0.204. The molecule has 2 aromatic heterocycles. The number of fused-ring (bicyclic) bond motifs is 3. The van der Waals surface area contributed by atoms with Crippen molar-refractivity contribution >= 4 is 27.5 Å². The van der Waals surface area contributed by atoms with Crippen molar-refractivity contribution in [1.82, 2.24) is 9.97 Å². The van der Waals surface area contributed by atoms with E-state index in [9.17, 15) is 0 Å². The van der Waals surface area contributed by atoms with Crippen molar-refractivity contribution in [3.63, 3.8) is 0 Å². The monoisotopic (exact) mass is 852 g/mol. The van der Waals surface area contributed by atoms with Crippen molar-refractivity contribution in [2.45, 2.75) is 26.9 Å². The van der Waals surface area contributed by atoms with Gasteiger partial charge >= 0.3 is 17.1 Å². The smallest absolute Gasteiger partial charge is 0.684 e. The maximum absolute atomic E-state index is 5.41. The van der Waals surface area contributed by atoms with Gasteiger partial charge in [-0.3, -0.25) is 4.99 Å². The molecule has 11 heteroatoms. The molecule has 0 bridgehead atoms. The summed E-state index contributed by atoms with van der Waals surface area (Å²) in [6.07, 6.45) is 1.94. The average molecular weight is 853 g/mol. The van der Waals surface area contributed by atoms with Crippen LogP contribution in [0.4, 0.5) is 0 Å². The summed E-state index contributed by atoms with van der Waals surface area (Å²) >= 11 is 0. The summed E-state index contributed by atoms with van der Waals surface area (Å²) in [7, 11) is 9.54. The maximum Gasteiger partial charge on any atom is 1.00 e. The van der Waals surface area contributed by atoms with E-state index in [1.165, 1.54) is 0 Å². The number of nitrogens with zero attached hydrogens (tertiary/aromatic N) is 4. The van der Waals surface area contributed by atoms with E-state index >= 15 is 0 Å². The third-order valence-corrected chi connectivity index (χ3v) is 9.55. The molecule has 0 unspecified atom stereocenters. The predicted molar refractivity (Wildman–Crippen MR) is 238 cm³/mol. The van der Waals surface area contributed by atoms with Gasteiger partial charge in [-0.1, -0.05) is 103 Å². The zero-order valence-electron chi connectivity index (χ0n) is 35.1. The zero-order chi connectivity index (χ0) is 41.7. The van der Waals surface area contributed by atoms with Crippen LogP contribution in [0.3, 0.4) is 0 Å². The molecule has 0 saturated heterocycles. The Kier molecular flexibility index (Phi) is 15.9. The molecular weight excluding hydrogens is 804 g/mol. The first-order valence-corrected chi connectivity index (χ1v) is 19.0. The molecule has 7 aromatic rings. The number of aliphatic imine (C=N–C) groups is 1. The van der Waals surface area contributed by atoms with Gasteiger partial charge in [0.2, 0.25) is 11.5 Å². The van der Waals surface area contributed by atoms with Crippen molar-refractivity contribution in [2.75, 3.05) is 42.7 Å². The molecule has 10 nitrogen and oxygen atoms in total. The number of aromatic nitrogens is 2. The first-order chi connectivity index (χ1) is 28.8. The summed E-state index contributed by atoms with van der Waals surface area (Å²) < 4.78 is 32.4. The number of ether oxygens (including phenoxy) is 6. The Bertz CT molecular complexity index is 2430. The average Bonchev–Trinajstić information content (AvgIpc) is 3.29. The molecule has 60 heavy (non-hydrogen) atoms. The number of hydrogen-bond acceptors (Lipinski definition) is 9. The second-order valence-corrected chi connectivity index (χ2v) is 13.5. The standard InChI is InChI=1S/C25H33N2O6.C24H16N2.Cu/c1-16(26-14-18-10-20(28-3)24(32-7)21(11-18)29-4)9-17(2)27-15-19-12-22(30-5)25(33-8)23(13-19)31-6;1-3-7-17(8-4-1)21-15-13-19-11-12-20-14-16-22(18-9-5-2-6-10-18)26-24(20)23(19)25-21;/h9-13H,14-15H2,1-8H3;1-16H;/q-1;;+1/b16-9-,27-17?;;. The second-order valence-electron chi connectivity index (χ2n) is 13.5. The molecule has 2 heterocycles. The van der Waals surface area contributed by atoms with E-state index in [1.54, 1.807) is 42.7 Å². The van der Waals surface area contributed by atoms with Gasteiger partial charge in [-0.15, -0.1) is 6.54 Å². The first kappa shape index (κ1) is 44.6. The summed E-state index contributed by atoms with van der Waals surface area (Å²) in [5.74, 6) is 3.54. The molecule has 0 radical (unpaired) electrons. The Hall–Kier alpha value is -6.55. The minimum Gasteiger partial charge on any atom is -0.684 e. The third-order valence-electron chi connectivity index (χ3n) is 9.55. The van der Waals surface area contributed by atoms with Gasteiger partial charge in [0.1, 0.15) is 0 Å². The number of pyridine rings is 2. The van der Waals surface area contributed by atoms with Crippen LogP contribution in [0.15, 0.2) is 138 Å². The van der Waals surface area contributed by atoms with Crippen LogP contribution < -0.4 is 28.4 Å². The Morgan fingerprint density at radius 2 is 0.933 bits per heavy atom. The van der Waals surface area contributed by atoms with Gasteiger partial charge in [-0.25, -0.2) is 9.97 Å². The van der Waals surface area contributed by atoms with E-state index < -0.39 is 0 Å². The zero-order valence-corrected chi connectivity index (χ0v) is 36.0. The molecule has 312 valence electrons. The van der Waals surface area contributed by atoms with Crippen molar-refractivity contribution in [3.8, 4) is 57.0 Å². The van der Waals surface area contributed by atoms with E-state index in [2.05, 4.69) is 71.0 Å². The van der Waals surface area contributed by atoms with Crippen molar-refractivity contribution < 1.29 is 45.5 Å². The Morgan fingerprint density at radius 1 is 0.533 bits per heavy atom. The fourth-order valence-electron chi connectivity index (χ4n) is 6.59. The molecule has 5 aromatic carbocycles.